The highest BCUT2D eigenvalue weighted by atomic mass is 15.1. The molecule has 2 heteroatoms. The summed E-state index contributed by atoms with van der Waals surface area (Å²) in [6, 6.07) is 83.2. The molecule has 2 nitrogen and oxygen atoms in total. The van der Waals surface area contributed by atoms with Crippen LogP contribution < -0.4 is 9.80 Å². The number of nitrogens with zero attached hydrogens (tertiary/aromatic N) is 2. The van der Waals surface area contributed by atoms with E-state index in [1.807, 2.05) is 19.9 Å². The van der Waals surface area contributed by atoms with E-state index in [-0.39, 0.29) is 0 Å². The Morgan fingerprint density at radius 3 is 1.44 bits per heavy atom. The number of anilines is 6. The largest absolute Gasteiger partial charge is 0.310 e. The second kappa shape index (κ2) is 18.6. The Morgan fingerprint density at radius 2 is 0.891 bits per heavy atom. The first-order valence-corrected chi connectivity index (χ1v) is 22.3. The third-order valence-electron chi connectivity index (χ3n) is 12.2. The molecule has 0 atom stereocenters. The van der Waals surface area contributed by atoms with Crippen LogP contribution in [0.25, 0.3) is 27.5 Å². The SMILES string of the molecule is C=CC1=C(/C=C\C)C(c2ccccc2)(c2ccccc2)c2cc(N(c3ccccc3)c3ccc(-c4ccc(N(c5ccccc5)c5cccc6ccccc56)cc4)cc3)ccc21.CC. The fourth-order valence-electron chi connectivity index (χ4n) is 9.51. The van der Waals surface area contributed by atoms with E-state index in [9.17, 15) is 0 Å². The molecule has 0 amide bonds. The number of allylic oxidation sites excluding steroid dienone is 5. The maximum atomic E-state index is 4.36. The van der Waals surface area contributed by atoms with Crippen LogP contribution >= 0.6 is 0 Å². The fourth-order valence-corrected chi connectivity index (χ4v) is 9.51. The first kappa shape index (κ1) is 41.4. The Labute approximate surface area is 379 Å². The first-order valence-electron chi connectivity index (χ1n) is 22.3. The van der Waals surface area contributed by atoms with Gasteiger partial charge in [0.15, 0.2) is 0 Å². The molecule has 0 N–H and O–H groups in total. The molecule has 1 aliphatic rings. The molecule has 0 bridgehead atoms. The maximum absolute atomic E-state index is 4.36. The molecular formula is C62H52N2. The van der Waals surface area contributed by atoms with Crippen molar-refractivity contribution in [1.82, 2.24) is 0 Å². The predicted octanol–water partition coefficient (Wildman–Crippen LogP) is 17.3. The van der Waals surface area contributed by atoms with Crippen LogP contribution in [0, 0.1) is 0 Å². The molecule has 0 heterocycles. The lowest BCUT2D eigenvalue weighted by atomic mass is 9.66. The molecule has 10 rings (SSSR count). The molecule has 0 spiro atoms. The van der Waals surface area contributed by atoms with Gasteiger partial charge in [-0.3, -0.25) is 0 Å². The Balaban J connectivity index is 0.00000256. The predicted molar refractivity (Wildman–Crippen MR) is 275 cm³/mol. The lowest BCUT2D eigenvalue weighted by Gasteiger charge is -2.36. The molecule has 9 aromatic carbocycles. The van der Waals surface area contributed by atoms with Crippen molar-refractivity contribution < 1.29 is 0 Å². The van der Waals surface area contributed by atoms with Gasteiger partial charge in [0.05, 0.1) is 11.1 Å². The number of hydrogen-bond donors (Lipinski definition) is 0. The third-order valence-corrected chi connectivity index (χ3v) is 12.2. The Kier molecular flexibility index (Phi) is 12.0. The molecule has 64 heavy (non-hydrogen) atoms. The van der Waals surface area contributed by atoms with Gasteiger partial charge in [-0.15, -0.1) is 0 Å². The van der Waals surface area contributed by atoms with Crippen molar-refractivity contribution in [2.24, 2.45) is 0 Å². The van der Waals surface area contributed by atoms with Gasteiger partial charge in [-0.1, -0.05) is 202 Å². The minimum absolute atomic E-state index is 0.550. The van der Waals surface area contributed by atoms with E-state index < -0.39 is 5.41 Å². The van der Waals surface area contributed by atoms with Crippen LogP contribution in [0.15, 0.2) is 261 Å². The molecule has 0 saturated heterocycles. The van der Waals surface area contributed by atoms with Crippen LogP contribution in [-0.4, -0.2) is 0 Å². The summed E-state index contributed by atoms with van der Waals surface area (Å²) in [5.41, 5.74) is 15.7. The highest BCUT2D eigenvalue weighted by Gasteiger charge is 2.46. The summed E-state index contributed by atoms with van der Waals surface area (Å²) in [6.45, 7) is 10.5. The van der Waals surface area contributed by atoms with Crippen LogP contribution in [0.2, 0.25) is 0 Å². The molecule has 0 aliphatic heterocycles. The summed E-state index contributed by atoms with van der Waals surface area (Å²) in [6.07, 6.45) is 6.46. The maximum Gasteiger partial charge on any atom is 0.0714 e. The highest BCUT2D eigenvalue weighted by Crippen LogP contribution is 2.56. The normalized spacial score (nSPS) is 12.7. The average Bonchev–Trinajstić information content (AvgIpc) is 3.65. The average molecular weight is 825 g/mol. The molecule has 0 saturated carbocycles. The second-order valence-electron chi connectivity index (χ2n) is 15.7. The number of hydrogen-bond acceptors (Lipinski definition) is 2. The molecule has 0 aromatic heterocycles. The lowest BCUT2D eigenvalue weighted by molar-refractivity contribution is 0.761. The van der Waals surface area contributed by atoms with E-state index in [4.69, 9.17) is 0 Å². The van der Waals surface area contributed by atoms with E-state index in [0.29, 0.717) is 0 Å². The molecular weight excluding hydrogens is 773 g/mol. The zero-order valence-corrected chi connectivity index (χ0v) is 36.8. The van der Waals surface area contributed by atoms with Crippen molar-refractivity contribution in [1.29, 1.82) is 0 Å². The van der Waals surface area contributed by atoms with Gasteiger partial charge in [0.25, 0.3) is 0 Å². The number of benzene rings is 9. The second-order valence-corrected chi connectivity index (χ2v) is 15.7. The molecule has 0 fully saturated rings. The Bertz CT molecular complexity index is 3010. The summed E-state index contributed by atoms with van der Waals surface area (Å²) >= 11 is 0. The summed E-state index contributed by atoms with van der Waals surface area (Å²) in [5, 5.41) is 2.43. The zero-order chi connectivity index (χ0) is 43.9. The number of para-hydroxylation sites is 2. The van der Waals surface area contributed by atoms with Crippen molar-refractivity contribution in [2.45, 2.75) is 26.2 Å². The third kappa shape index (κ3) is 7.44. The van der Waals surface area contributed by atoms with Crippen molar-refractivity contribution >= 4 is 50.5 Å². The molecule has 0 unspecified atom stereocenters. The van der Waals surface area contributed by atoms with Crippen LogP contribution in [-0.2, 0) is 5.41 Å². The van der Waals surface area contributed by atoms with Gasteiger partial charge in [-0.05, 0) is 124 Å². The van der Waals surface area contributed by atoms with Gasteiger partial charge in [-0.25, -0.2) is 0 Å². The fraction of sp³-hybridized carbons (Fsp3) is 0.0645. The topological polar surface area (TPSA) is 6.48 Å². The monoisotopic (exact) mass is 824 g/mol. The van der Waals surface area contributed by atoms with Crippen LogP contribution in [0.4, 0.5) is 34.1 Å². The lowest BCUT2D eigenvalue weighted by Crippen LogP contribution is -2.29. The van der Waals surface area contributed by atoms with Crippen molar-refractivity contribution in [3.05, 3.63) is 283 Å². The Morgan fingerprint density at radius 1 is 0.438 bits per heavy atom. The minimum atomic E-state index is -0.550. The minimum Gasteiger partial charge on any atom is -0.310 e. The molecule has 9 aromatic rings. The van der Waals surface area contributed by atoms with E-state index in [0.717, 1.165) is 50.8 Å². The molecule has 0 radical (unpaired) electrons. The van der Waals surface area contributed by atoms with Crippen molar-refractivity contribution in [2.75, 3.05) is 9.80 Å². The summed E-state index contributed by atoms with van der Waals surface area (Å²) in [5.74, 6) is 0. The van der Waals surface area contributed by atoms with Gasteiger partial charge in [0, 0.05) is 33.8 Å². The molecule has 1 aliphatic carbocycles. The van der Waals surface area contributed by atoms with E-state index in [2.05, 4.69) is 266 Å². The van der Waals surface area contributed by atoms with Gasteiger partial charge in [0.2, 0.25) is 0 Å². The smallest absolute Gasteiger partial charge is 0.0714 e. The van der Waals surface area contributed by atoms with E-state index >= 15 is 0 Å². The van der Waals surface area contributed by atoms with Crippen LogP contribution in [0.1, 0.15) is 43.0 Å². The summed E-state index contributed by atoms with van der Waals surface area (Å²) < 4.78 is 0. The number of rotatable bonds is 11. The van der Waals surface area contributed by atoms with Gasteiger partial charge < -0.3 is 9.80 Å². The summed E-state index contributed by atoms with van der Waals surface area (Å²) in [4.78, 5) is 4.72. The van der Waals surface area contributed by atoms with Crippen molar-refractivity contribution in [3.63, 3.8) is 0 Å². The van der Waals surface area contributed by atoms with E-state index in [1.54, 1.807) is 0 Å². The summed E-state index contributed by atoms with van der Waals surface area (Å²) in [7, 11) is 0. The number of fused-ring (bicyclic) bond motifs is 2. The van der Waals surface area contributed by atoms with E-state index in [1.165, 1.54) is 38.6 Å². The molecule has 310 valence electrons. The quantitative estimate of drug-likeness (QED) is 0.128. The van der Waals surface area contributed by atoms with Crippen LogP contribution in [0.5, 0.6) is 0 Å². The van der Waals surface area contributed by atoms with Gasteiger partial charge in [0.1, 0.15) is 0 Å². The first-order chi connectivity index (χ1) is 31.7. The van der Waals surface area contributed by atoms with Gasteiger partial charge >= 0.3 is 0 Å². The highest BCUT2D eigenvalue weighted by molar-refractivity contribution is 5.99. The standard InChI is InChI=1S/C60H46N2.C2H6/c1-3-20-57-54(4-2)56-42-41-53(43-58(56)60(57,47-23-9-5-10-24-47)48-25-11-6-12-26-48)61(49-27-13-7-14-28-49)51-37-33-44(34-38-51)45-35-39-52(40-36-45)62(50-29-15-8-16-30-50)59-32-19-22-46-21-17-18-31-55(46)59;1-2/h3-43H,2H2,1H3;1-2H3/b20-3-;. The van der Waals surface area contributed by atoms with Crippen molar-refractivity contribution in [3.8, 4) is 11.1 Å². The zero-order valence-electron chi connectivity index (χ0n) is 36.8. The van der Waals surface area contributed by atoms with Gasteiger partial charge in [-0.2, -0.15) is 0 Å². The van der Waals surface area contributed by atoms with Crippen LogP contribution in [0.3, 0.4) is 0 Å². The Hall–Kier alpha value is -7.94.